The molecule has 0 aromatic carbocycles. The van der Waals surface area contributed by atoms with Crippen LogP contribution in [0.15, 0.2) is 0 Å². The molecule has 0 aliphatic heterocycles. The maximum atomic E-state index is 8.66. The van der Waals surface area contributed by atoms with Crippen LogP contribution in [-0.2, 0) is 0 Å². The third kappa shape index (κ3) is 20.0. The first kappa shape index (κ1) is 21.0. The molecule has 21 heavy (non-hydrogen) atoms. The van der Waals surface area contributed by atoms with E-state index < -0.39 is 0 Å². The number of rotatable bonds is 18. The molecule has 0 rings (SSSR count). The highest BCUT2D eigenvalue weighted by molar-refractivity contribution is 4.63. The molecule has 0 aromatic rings. The van der Waals surface area contributed by atoms with Crippen molar-refractivity contribution in [2.24, 2.45) is 0 Å². The van der Waals surface area contributed by atoms with E-state index in [1.165, 1.54) is 103 Å². The van der Waals surface area contributed by atoms with Crippen molar-refractivity contribution in [3.05, 3.63) is 6.42 Å². The van der Waals surface area contributed by atoms with Crippen LogP contribution in [-0.4, -0.2) is 11.7 Å². The molecule has 127 valence electrons. The minimum atomic E-state index is 0.318. The van der Waals surface area contributed by atoms with Gasteiger partial charge in [0.2, 0.25) is 0 Å². The van der Waals surface area contributed by atoms with Crippen molar-refractivity contribution in [2.45, 2.75) is 116 Å². The maximum absolute atomic E-state index is 8.66. The Labute approximate surface area is 134 Å². The summed E-state index contributed by atoms with van der Waals surface area (Å²) in [5.74, 6) is 0. The Morgan fingerprint density at radius 3 is 1.29 bits per heavy atom. The molecule has 0 bridgehead atoms. The van der Waals surface area contributed by atoms with Gasteiger partial charge in [-0.1, -0.05) is 110 Å². The molecule has 0 unspecified atom stereocenters. The summed E-state index contributed by atoms with van der Waals surface area (Å²) >= 11 is 0. The molecule has 0 spiro atoms. The highest BCUT2D eigenvalue weighted by Crippen LogP contribution is 2.14. The number of unbranched alkanes of at least 4 members (excludes halogenated alkanes) is 17. The minimum Gasteiger partial charge on any atom is -0.396 e. The summed E-state index contributed by atoms with van der Waals surface area (Å²) in [4.78, 5) is 0. The van der Waals surface area contributed by atoms with Crippen LogP contribution in [0.1, 0.15) is 116 Å². The number of aliphatic hydroxyl groups excluding tert-OH is 1. The molecule has 0 aliphatic carbocycles. The minimum absolute atomic E-state index is 0.318. The quantitative estimate of drug-likeness (QED) is 0.275. The molecule has 0 amide bonds. The molecule has 1 N–H and O–H groups in total. The Morgan fingerprint density at radius 2 is 0.905 bits per heavy atom. The first-order valence-electron chi connectivity index (χ1n) is 9.84. The summed E-state index contributed by atoms with van der Waals surface area (Å²) in [6.07, 6.45) is 25.7. The van der Waals surface area contributed by atoms with Gasteiger partial charge in [0.1, 0.15) is 0 Å². The second-order valence-corrected chi connectivity index (χ2v) is 6.54. The fourth-order valence-corrected chi connectivity index (χ4v) is 2.90. The SMILES string of the molecule is CCCCCCCCCCCCCCCCC[CH]CCO. The monoisotopic (exact) mass is 297 g/mol. The molecule has 0 saturated heterocycles. The van der Waals surface area contributed by atoms with Crippen LogP contribution in [0, 0.1) is 6.42 Å². The molecule has 0 saturated carbocycles. The average Bonchev–Trinajstić information content (AvgIpc) is 2.50. The maximum Gasteiger partial charge on any atom is 0.0433 e. The van der Waals surface area contributed by atoms with Crippen LogP contribution in [0.3, 0.4) is 0 Å². The van der Waals surface area contributed by atoms with Crippen molar-refractivity contribution >= 4 is 0 Å². The molecule has 1 heteroatoms. The predicted octanol–water partition coefficient (Wildman–Crippen LogP) is 6.83. The van der Waals surface area contributed by atoms with Gasteiger partial charge in [-0.05, 0) is 12.8 Å². The van der Waals surface area contributed by atoms with Crippen LogP contribution >= 0.6 is 0 Å². The molecule has 0 fully saturated rings. The number of hydrogen-bond acceptors (Lipinski definition) is 1. The molecular formula is C20H41O. The summed E-state index contributed by atoms with van der Waals surface area (Å²) in [5, 5.41) is 8.66. The summed E-state index contributed by atoms with van der Waals surface area (Å²) in [5.41, 5.74) is 0. The van der Waals surface area contributed by atoms with Crippen molar-refractivity contribution in [2.75, 3.05) is 6.61 Å². The molecule has 0 heterocycles. The second kappa shape index (κ2) is 20.0. The standard InChI is InChI=1S/C20H41O/c1-2-3-4-5-6-7-8-9-10-11-12-13-14-15-16-17-18-19-20-21/h18,21H,2-17,19-20H2,1H3. The lowest BCUT2D eigenvalue weighted by Gasteiger charge is -2.03. The second-order valence-electron chi connectivity index (χ2n) is 6.54. The fourth-order valence-electron chi connectivity index (χ4n) is 2.90. The summed E-state index contributed by atoms with van der Waals surface area (Å²) in [6.45, 7) is 2.61. The van der Waals surface area contributed by atoms with E-state index in [1.54, 1.807) is 0 Å². The number of aliphatic hydroxyl groups is 1. The van der Waals surface area contributed by atoms with Crippen LogP contribution in [0.2, 0.25) is 0 Å². The van der Waals surface area contributed by atoms with Crippen molar-refractivity contribution in [3.63, 3.8) is 0 Å². The van der Waals surface area contributed by atoms with E-state index in [0.29, 0.717) is 6.61 Å². The van der Waals surface area contributed by atoms with Crippen molar-refractivity contribution in [1.82, 2.24) is 0 Å². The predicted molar refractivity (Wildman–Crippen MR) is 95.5 cm³/mol. The van der Waals surface area contributed by atoms with Gasteiger partial charge in [-0.15, -0.1) is 0 Å². The lowest BCUT2D eigenvalue weighted by molar-refractivity contribution is 0.296. The number of hydrogen-bond donors (Lipinski definition) is 1. The zero-order valence-corrected chi connectivity index (χ0v) is 14.8. The van der Waals surface area contributed by atoms with Gasteiger partial charge in [-0.3, -0.25) is 0 Å². The van der Waals surface area contributed by atoms with Gasteiger partial charge in [0, 0.05) is 6.61 Å². The molecule has 0 aliphatic rings. The molecule has 0 aromatic heterocycles. The molecule has 1 radical (unpaired) electrons. The first-order valence-corrected chi connectivity index (χ1v) is 9.84. The summed E-state index contributed by atoms with van der Waals surface area (Å²) < 4.78 is 0. The van der Waals surface area contributed by atoms with Gasteiger partial charge in [-0.25, -0.2) is 0 Å². The Bertz CT molecular complexity index is 149. The molecule has 1 nitrogen and oxygen atoms in total. The van der Waals surface area contributed by atoms with E-state index in [2.05, 4.69) is 13.3 Å². The van der Waals surface area contributed by atoms with Crippen LogP contribution in [0.25, 0.3) is 0 Å². The summed E-state index contributed by atoms with van der Waals surface area (Å²) in [6, 6.07) is 0. The smallest absolute Gasteiger partial charge is 0.0433 e. The Balaban J connectivity index is 2.90. The average molecular weight is 298 g/mol. The van der Waals surface area contributed by atoms with E-state index >= 15 is 0 Å². The van der Waals surface area contributed by atoms with Gasteiger partial charge in [0.05, 0.1) is 0 Å². The topological polar surface area (TPSA) is 20.2 Å². The van der Waals surface area contributed by atoms with Gasteiger partial charge >= 0.3 is 0 Å². The largest absolute Gasteiger partial charge is 0.396 e. The van der Waals surface area contributed by atoms with Gasteiger partial charge < -0.3 is 5.11 Å². The fraction of sp³-hybridized carbons (Fsp3) is 0.950. The third-order valence-corrected chi connectivity index (χ3v) is 4.35. The van der Waals surface area contributed by atoms with E-state index in [9.17, 15) is 0 Å². The van der Waals surface area contributed by atoms with Crippen molar-refractivity contribution < 1.29 is 5.11 Å². The van der Waals surface area contributed by atoms with E-state index in [-0.39, 0.29) is 0 Å². The Hall–Kier alpha value is -0.0400. The Kier molecular flexibility index (Phi) is 19.9. The lowest BCUT2D eigenvalue weighted by Crippen LogP contribution is -1.85. The molecular weight excluding hydrogens is 256 g/mol. The van der Waals surface area contributed by atoms with Gasteiger partial charge in [0.25, 0.3) is 0 Å². The first-order chi connectivity index (χ1) is 10.4. The lowest BCUT2D eigenvalue weighted by atomic mass is 10.0. The summed E-state index contributed by atoms with van der Waals surface area (Å²) in [7, 11) is 0. The van der Waals surface area contributed by atoms with E-state index in [0.717, 1.165) is 6.42 Å². The van der Waals surface area contributed by atoms with Crippen LogP contribution in [0.5, 0.6) is 0 Å². The van der Waals surface area contributed by atoms with Gasteiger partial charge in [-0.2, -0.15) is 0 Å². The van der Waals surface area contributed by atoms with Crippen molar-refractivity contribution in [1.29, 1.82) is 0 Å². The zero-order valence-electron chi connectivity index (χ0n) is 14.8. The van der Waals surface area contributed by atoms with Gasteiger partial charge in [0.15, 0.2) is 0 Å². The highest BCUT2D eigenvalue weighted by Gasteiger charge is 1.94. The van der Waals surface area contributed by atoms with Crippen LogP contribution in [0.4, 0.5) is 0 Å². The zero-order chi connectivity index (χ0) is 15.4. The van der Waals surface area contributed by atoms with Crippen LogP contribution < -0.4 is 0 Å². The van der Waals surface area contributed by atoms with E-state index in [4.69, 9.17) is 5.11 Å². The third-order valence-electron chi connectivity index (χ3n) is 4.35. The van der Waals surface area contributed by atoms with Crippen molar-refractivity contribution in [3.8, 4) is 0 Å². The highest BCUT2D eigenvalue weighted by atomic mass is 16.2. The Morgan fingerprint density at radius 1 is 0.524 bits per heavy atom. The van der Waals surface area contributed by atoms with E-state index in [1.807, 2.05) is 0 Å². The normalized spacial score (nSPS) is 11.1. The molecule has 0 atom stereocenters.